The monoisotopic (exact) mass is 404 g/mol. The summed E-state index contributed by atoms with van der Waals surface area (Å²) in [5.41, 5.74) is 3.93. The predicted molar refractivity (Wildman–Crippen MR) is 119 cm³/mol. The fraction of sp³-hybridized carbons (Fsp3) is 0.292. The van der Waals surface area contributed by atoms with Gasteiger partial charge in [0.15, 0.2) is 0 Å². The van der Waals surface area contributed by atoms with Crippen molar-refractivity contribution < 1.29 is 9.59 Å². The number of hydrogen-bond acceptors (Lipinski definition) is 3. The fourth-order valence-corrected chi connectivity index (χ4v) is 3.12. The maximum absolute atomic E-state index is 12.9. The van der Waals surface area contributed by atoms with Crippen LogP contribution in [0.1, 0.15) is 49.5 Å². The summed E-state index contributed by atoms with van der Waals surface area (Å²) in [6.07, 6.45) is 1.71. The summed E-state index contributed by atoms with van der Waals surface area (Å²) in [6.45, 7) is 7.95. The molecule has 1 heterocycles. The van der Waals surface area contributed by atoms with Gasteiger partial charge in [0, 0.05) is 17.8 Å². The molecule has 3 aromatic rings. The minimum absolute atomic E-state index is 0.0188. The van der Waals surface area contributed by atoms with Gasteiger partial charge >= 0.3 is 0 Å². The SMILES string of the molecule is CC(C)NC(=O)CNC(=O)c1cn(-c2ccccc2)nc1-c1ccc(C(C)C)cc1. The number of aromatic nitrogens is 2. The highest BCUT2D eigenvalue weighted by Gasteiger charge is 2.19. The Hall–Kier alpha value is -3.41. The molecule has 0 spiro atoms. The van der Waals surface area contributed by atoms with E-state index in [1.54, 1.807) is 10.9 Å². The van der Waals surface area contributed by atoms with Crippen LogP contribution in [-0.4, -0.2) is 34.2 Å². The van der Waals surface area contributed by atoms with Gasteiger partial charge in [-0.3, -0.25) is 9.59 Å². The Kier molecular flexibility index (Phi) is 6.67. The third-order valence-corrected chi connectivity index (χ3v) is 4.69. The molecule has 0 radical (unpaired) electrons. The van der Waals surface area contributed by atoms with Crippen LogP contribution < -0.4 is 10.6 Å². The molecule has 0 aliphatic heterocycles. The highest BCUT2D eigenvalue weighted by atomic mass is 16.2. The maximum atomic E-state index is 12.9. The molecule has 0 atom stereocenters. The molecule has 6 heteroatoms. The standard InChI is InChI=1S/C24H28N4O2/c1-16(2)18-10-12-19(13-11-18)23-21(24(30)25-14-22(29)26-17(3)4)15-28(27-23)20-8-6-5-7-9-20/h5-13,15-17H,14H2,1-4H3,(H,25,30)(H,26,29). The van der Waals surface area contributed by atoms with Gasteiger partial charge in [-0.25, -0.2) is 4.68 Å². The van der Waals surface area contributed by atoms with Crippen molar-refractivity contribution in [3.8, 4) is 16.9 Å². The van der Waals surface area contributed by atoms with Crippen molar-refractivity contribution >= 4 is 11.8 Å². The number of hydrogen-bond donors (Lipinski definition) is 2. The van der Waals surface area contributed by atoms with E-state index in [2.05, 4.69) is 41.7 Å². The molecular formula is C24H28N4O2. The molecule has 156 valence electrons. The van der Waals surface area contributed by atoms with Crippen LogP contribution in [0.5, 0.6) is 0 Å². The molecule has 3 rings (SSSR count). The Morgan fingerprint density at radius 2 is 1.63 bits per heavy atom. The number of amides is 2. The second kappa shape index (κ2) is 9.39. The molecular weight excluding hydrogens is 376 g/mol. The smallest absolute Gasteiger partial charge is 0.255 e. The number of carbonyl (C=O) groups excluding carboxylic acids is 2. The van der Waals surface area contributed by atoms with Crippen molar-refractivity contribution in [3.63, 3.8) is 0 Å². The molecule has 0 aliphatic rings. The van der Waals surface area contributed by atoms with Crippen molar-refractivity contribution in [2.45, 2.75) is 39.7 Å². The minimum atomic E-state index is -0.334. The van der Waals surface area contributed by atoms with E-state index in [4.69, 9.17) is 0 Å². The first-order valence-electron chi connectivity index (χ1n) is 10.2. The van der Waals surface area contributed by atoms with Gasteiger partial charge in [-0.15, -0.1) is 0 Å². The Balaban J connectivity index is 1.92. The summed E-state index contributed by atoms with van der Waals surface area (Å²) in [5.74, 6) is -0.140. The van der Waals surface area contributed by atoms with Gasteiger partial charge in [-0.2, -0.15) is 5.10 Å². The zero-order valence-electron chi connectivity index (χ0n) is 17.8. The maximum Gasteiger partial charge on any atom is 0.255 e. The molecule has 0 aliphatic carbocycles. The first kappa shape index (κ1) is 21.3. The third kappa shape index (κ3) is 5.14. The number of nitrogens with one attached hydrogen (secondary N) is 2. The lowest BCUT2D eigenvalue weighted by Gasteiger charge is -2.09. The molecule has 2 N–H and O–H groups in total. The van der Waals surface area contributed by atoms with E-state index in [1.165, 1.54) is 5.56 Å². The predicted octanol–water partition coefficient (Wildman–Crippen LogP) is 3.92. The first-order valence-corrected chi connectivity index (χ1v) is 10.2. The van der Waals surface area contributed by atoms with Gasteiger partial charge in [-0.1, -0.05) is 56.3 Å². The zero-order chi connectivity index (χ0) is 21.7. The van der Waals surface area contributed by atoms with Gasteiger partial charge in [0.1, 0.15) is 5.69 Å². The average Bonchev–Trinajstić information content (AvgIpc) is 3.18. The second-order valence-electron chi connectivity index (χ2n) is 7.85. The summed E-state index contributed by atoms with van der Waals surface area (Å²) < 4.78 is 1.69. The lowest BCUT2D eigenvalue weighted by molar-refractivity contribution is -0.120. The van der Waals surface area contributed by atoms with E-state index in [0.29, 0.717) is 17.2 Å². The van der Waals surface area contributed by atoms with Crippen LogP contribution in [-0.2, 0) is 4.79 Å². The lowest BCUT2D eigenvalue weighted by atomic mass is 10.00. The molecule has 30 heavy (non-hydrogen) atoms. The Bertz CT molecular complexity index is 1010. The molecule has 2 aromatic carbocycles. The van der Waals surface area contributed by atoms with Gasteiger partial charge in [0.25, 0.3) is 5.91 Å². The van der Waals surface area contributed by atoms with Crippen LogP contribution >= 0.6 is 0 Å². The molecule has 0 bridgehead atoms. The Labute approximate surface area is 177 Å². The lowest BCUT2D eigenvalue weighted by Crippen LogP contribution is -2.39. The van der Waals surface area contributed by atoms with Crippen molar-refractivity contribution in [3.05, 3.63) is 71.9 Å². The minimum Gasteiger partial charge on any atom is -0.352 e. The van der Waals surface area contributed by atoms with Crippen LogP contribution in [0.3, 0.4) is 0 Å². The average molecular weight is 405 g/mol. The van der Waals surface area contributed by atoms with E-state index in [1.807, 2.05) is 56.3 Å². The summed E-state index contributed by atoms with van der Waals surface area (Å²) in [6, 6.07) is 17.7. The van der Waals surface area contributed by atoms with Crippen molar-refractivity contribution in [1.29, 1.82) is 0 Å². The van der Waals surface area contributed by atoms with Crippen molar-refractivity contribution in [2.75, 3.05) is 6.54 Å². The largest absolute Gasteiger partial charge is 0.352 e. The quantitative estimate of drug-likeness (QED) is 0.627. The first-order chi connectivity index (χ1) is 14.3. The second-order valence-corrected chi connectivity index (χ2v) is 7.85. The molecule has 0 unspecified atom stereocenters. The van der Waals surface area contributed by atoms with E-state index in [9.17, 15) is 9.59 Å². The van der Waals surface area contributed by atoms with E-state index in [-0.39, 0.29) is 24.4 Å². The fourth-order valence-electron chi connectivity index (χ4n) is 3.12. The number of para-hydroxylation sites is 1. The highest BCUT2D eigenvalue weighted by Crippen LogP contribution is 2.26. The van der Waals surface area contributed by atoms with Crippen molar-refractivity contribution in [2.24, 2.45) is 0 Å². The van der Waals surface area contributed by atoms with E-state index < -0.39 is 0 Å². The van der Waals surface area contributed by atoms with Gasteiger partial charge in [-0.05, 0) is 37.5 Å². The van der Waals surface area contributed by atoms with Crippen LogP contribution in [0, 0.1) is 0 Å². The van der Waals surface area contributed by atoms with Gasteiger partial charge in [0.05, 0.1) is 17.8 Å². The van der Waals surface area contributed by atoms with E-state index in [0.717, 1.165) is 11.3 Å². The number of carbonyl (C=O) groups is 2. The summed E-state index contributed by atoms with van der Waals surface area (Å²) in [4.78, 5) is 24.8. The number of nitrogens with zero attached hydrogens (tertiary/aromatic N) is 2. The van der Waals surface area contributed by atoms with Crippen LogP contribution in [0.25, 0.3) is 16.9 Å². The van der Waals surface area contributed by atoms with Gasteiger partial charge < -0.3 is 10.6 Å². The number of benzene rings is 2. The molecule has 0 saturated heterocycles. The zero-order valence-corrected chi connectivity index (χ0v) is 17.8. The Morgan fingerprint density at radius 1 is 0.967 bits per heavy atom. The molecule has 0 fully saturated rings. The van der Waals surface area contributed by atoms with Crippen LogP contribution in [0.4, 0.5) is 0 Å². The molecule has 0 saturated carbocycles. The molecule has 2 amide bonds. The normalized spacial score (nSPS) is 11.0. The Morgan fingerprint density at radius 3 is 2.23 bits per heavy atom. The van der Waals surface area contributed by atoms with Gasteiger partial charge in [0.2, 0.25) is 5.91 Å². The summed E-state index contributed by atoms with van der Waals surface area (Å²) in [7, 11) is 0. The number of rotatable bonds is 7. The van der Waals surface area contributed by atoms with E-state index >= 15 is 0 Å². The topological polar surface area (TPSA) is 76.0 Å². The van der Waals surface area contributed by atoms with Crippen LogP contribution in [0.2, 0.25) is 0 Å². The molecule has 6 nitrogen and oxygen atoms in total. The third-order valence-electron chi connectivity index (χ3n) is 4.69. The van der Waals surface area contributed by atoms with Crippen molar-refractivity contribution in [1.82, 2.24) is 20.4 Å². The molecule has 1 aromatic heterocycles. The summed E-state index contributed by atoms with van der Waals surface area (Å²) >= 11 is 0. The van der Waals surface area contributed by atoms with Crippen LogP contribution in [0.15, 0.2) is 60.8 Å². The summed E-state index contributed by atoms with van der Waals surface area (Å²) in [5, 5.41) is 10.2. The highest BCUT2D eigenvalue weighted by molar-refractivity contribution is 6.01.